The number of hydrogen-bond donors (Lipinski definition) is 0. The van der Waals surface area contributed by atoms with Crippen molar-refractivity contribution in [1.82, 2.24) is 18.8 Å². The van der Waals surface area contributed by atoms with Crippen LogP contribution in [-0.4, -0.2) is 86.3 Å². The van der Waals surface area contributed by atoms with Gasteiger partial charge in [-0.15, -0.1) is 0 Å². The van der Waals surface area contributed by atoms with Crippen molar-refractivity contribution in [3.8, 4) is 0 Å². The number of nitrogens with zero attached hydrogens (tertiary/aromatic N) is 4. The van der Waals surface area contributed by atoms with Gasteiger partial charge in [0, 0.05) is 18.2 Å². The molecule has 2 aliphatic rings. The number of ether oxygens (including phenoxy) is 1. The molecule has 4 atom stereocenters. The van der Waals surface area contributed by atoms with Gasteiger partial charge in [-0.05, 0) is 38.8 Å². The van der Waals surface area contributed by atoms with Crippen LogP contribution >= 0.6 is 0 Å². The molecule has 0 bridgehead atoms. The Morgan fingerprint density at radius 3 is 2.39 bits per heavy atom. The van der Waals surface area contributed by atoms with E-state index in [0.29, 0.717) is 12.1 Å². The number of esters is 1. The summed E-state index contributed by atoms with van der Waals surface area (Å²) in [5.41, 5.74) is 3.10. The van der Waals surface area contributed by atoms with Crippen LogP contribution in [0.1, 0.15) is 34.1 Å². The second-order valence-electron chi connectivity index (χ2n) is 11.5. The zero-order chi connectivity index (χ0) is 32.0. The normalized spacial score (nSPS) is 24.8. The first-order valence-corrected chi connectivity index (χ1v) is 15.5. The van der Waals surface area contributed by atoms with Crippen molar-refractivity contribution in [2.45, 2.75) is 57.0 Å². The Labute approximate surface area is 253 Å². The largest absolute Gasteiger partial charge is 0.491 e. The second kappa shape index (κ2) is 11.6. The van der Waals surface area contributed by atoms with Gasteiger partial charge in [-0.25, -0.2) is 17.7 Å². The molecule has 3 aromatic rings. The summed E-state index contributed by atoms with van der Waals surface area (Å²) in [5.74, 6) is -2.78. The van der Waals surface area contributed by atoms with Crippen LogP contribution in [0.25, 0.3) is 0 Å². The SMILES string of the molecule is Cc1ccc(C)c([N@+]2([C@H]3CN(S(=O)(=O)c4c(C)noc4C)C[C@H]3c3ccccc3)CCN(C=O)CC2OC(=O)C(F)(F)F)c1. The summed E-state index contributed by atoms with van der Waals surface area (Å²) in [4.78, 5) is 25.5. The highest BCUT2D eigenvalue weighted by Gasteiger charge is 2.60. The first kappa shape index (κ1) is 31.7. The van der Waals surface area contributed by atoms with Gasteiger partial charge in [0.2, 0.25) is 16.4 Å². The maximum atomic E-state index is 14.1. The van der Waals surface area contributed by atoms with Crippen molar-refractivity contribution in [3.05, 3.63) is 76.7 Å². The molecule has 10 nitrogen and oxygen atoms in total. The van der Waals surface area contributed by atoms with Crippen LogP contribution in [0.3, 0.4) is 0 Å². The molecule has 236 valence electrons. The predicted octanol–water partition coefficient (Wildman–Crippen LogP) is 3.98. The number of quaternary nitrogens is 1. The Kier molecular flexibility index (Phi) is 8.37. The monoisotopic (exact) mass is 635 g/mol. The molecule has 2 saturated heterocycles. The standard InChI is InChI=1S/C30H34F3N4O6S/c1-19-10-11-20(2)25(14-19)37(13-12-35(18-38)17-27(37)42-29(39)30(31,32)33)26-16-36(15-24(26)23-8-6-5-7-9-23)44(40,41)28-21(3)34-43-22(28)4/h5-11,14,18,24,26-27H,12-13,15-17H2,1-4H3/q+1/t24-,26-,27?,37-/m0/s1. The third kappa shape index (κ3) is 5.50. The average molecular weight is 636 g/mol. The van der Waals surface area contributed by atoms with Gasteiger partial charge in [0.1, 0.15) is 35.4 Å². The lowest BCUT2D eigenvalue weighted by atomic mass is 9.89. The minimum absolute atomic E-state index is 0.00324. The summed E-state index contributed by atoms with van der Waals surface area (Å²) in [6.45, 7) is 6.49. The number of aryl methyl sites for hydroxylation is 4. The van der Waals surface area contributed by atoms with E-state index in [9.17, 15) is 31.2 Å². The predicted molar refractivity (Wildman–Crippen MR) is 154 cm³/mol. The van der Waals surface area contributed by atoms with E-state index >= 15 is 0 Å². The molecule has 1 aromatic heterocycles. The number of carbonyl (C=O) groups excluding carboxylic acids is 2. The number of sulfonamides is 1. The molecule has 44 heavy (non-hydrogen) atoms. The molecular weight excluding hydrogens is 601 g/mol. The fourth-order valence-electron chi connectivity index (χ4n) is 6.71. The van der Waals surface area contributed by atoms with Crippen molar-refractivity contribution in [1.29, 1.82) is 0 Å². The van der Waals surface area contributed by atoms with Crippen molar-refractivity contribution in [2.75, 3.05) is 32.7 Å². The summed E-state index contributed by atoms with van der Waals surface area (Å²) >= 11 is 0. The van der Waals surface area contributed by atoms with E-state index < -0.39 is 40.4 Å². The summed E-state index contributed by atoms with van der Waals surface area (Å²) < 4.78 is 80.8. The van der Waals surface area contributed by atoms with Gasteiger partial charge in [-0.1, -0.05) is 47.6 Å². The molecule has 0 saturated carbocycles. The van der Waals surface area contributed by atoms with Gasteiger partial charge in [-0.3, -0.25) is 4.79 Å². The molecule has 14 heteroatoms. The summed E-state index contributed by atoms with van der Waals surface area (Å²) in [5, 5.41) is 3.82. The Morgan fingerprint density at radius 1 is 1.07 bits per heavy atom. The van der Waals surface area contributed by atoms with Crippen molar-refractivity contribution in [3.63, 3.8) is 0 Å². The smallest absolute Gasteiger partial charge is 0.403 e. The minimum atomic E-state index is -5.28. The number of rotatable bonds is 7. The molecule has 2 aliphatic heterocycles. The first-order chi connectivity index (χ1) is 20.7. The van der Waals surface area contributed by atoms with Crippen LogP contribution in [0.2, 0.25) is 0 Å². The first-order valence-electron chi connectivity index (χ1n) is 14.1. The molecule has 1 amide bonds. The highest BCUT2D eigenvalue weighted by Crippen LogP contribution is 2.46. The third-order valence-electron chi connectivity index (χ3n) is 8.74. The maximum Gasteiger partial charge on any atom is 0.491 e. The Bertz CT molecular complexity index is 1640. The van der Waals surface area contributed by atoms with Crippen LogP contribution in [0.4, 0.5) is 18.9 Å². The number of alkyl halides is 3. The molecule has 0 aliphatic carbocycles. The number of hydrogen-bond acceptors (Lipinski definition) is 7. The molecule has 3 heterocycles. The Morgan fingerprint density at radius 2 is 1.77 bits per heavy atom. The van der Waals surface area contributed by atoms with E-state index in [1.807, 2.05) is 62.4 Å². The van der Waals surface area contributed by atoms with E-state index in [2.05, 4.69) is 5.16 Å². The average Bonchev–Trinajstić information content (AvgIpc) is 3.59. The van der Waals surface area contributed by atoms with Crippen LogP contribution in [0.15, 0.2) is 57.9 Å². The number of carbonyl (C=O) groups is 2. The minimum Gasteiger partial charge on any atom is -0.403 e. The topological polar surface area (TPSA) is 110 Å². The van der Waals surface area contributed by atoms with E-state index in [-0.39, 0.29) is 53.6 Å². The fraction of sp³-hybridized carbons (Fsp3) is 0.433. The van der Waals surface area contributed by atoms with Crippen LogP contribution in [0.5, 0.6) is 0 Å². The maximum absolute atomic E-state index is 14.1. The number of aromatic nitrogens is 1. The molecule has 5 rings (SSSR count). The van der Waals surface area contributed by atoms with E-state index in [0.717, 1.165) is 16.7 Å². The zero-order valence-electron chi connectivity index (χ0n) is 24.7. The lowest BCUT2D eigenvalue weighted by Gasteiger charge is -2.53. The zero-order valence-corrected chi connectivity index (χ0v) is 25.6. The molecule has 2 aromatic carbocycles. The summed E-state index contributed by atoms with van der Waals surface area (Å²) in [6.07, 6.45) is -6.25. The van der Waals surface area contributed by atoms with Gasteiger partial charge in [-0.2, -0.15) is 17.5 Å². The van der Waals surface area contributed by atoms with Crippen molar-refractivity contribution in [2.24, 2.45) is 0 Å². The van der Waals surface area contributed by atoms with Crippen LogP contribution in [-0.2, 0) is 24.3 Å². The lowest BCUT2D eigenvalue weighted by molar-refractivity contribution is -0.217. The fourth-order valence-corrected chi connectivity index (χ4v) is 8.48. The van der Waals surface area contributed by atoms with Crippen molar-refractivity contribution < 1.29 is 40.4 Å². The number of halogens is 3. The highest BCUT2D eigenvalue weighted by atomic mass is 32.2. The number of benzene rings is 2. The number of piperazine rings is 1. The van der Waals surface area contributed by atoms with Gasteiger partial charge >= 0.3 is 12.1 Å². The van der Waals surface area contributed by atoms with Gasteiger partial charge < -0.3 is 14.2 Å². The van der Waals surface area contributed by atoms with Crippen molar-refractivity contribution >= 4 is 28.1 Å². The molecule has 0 N–H and O–H groups in total. The van der Waals surface area contributed by atoms with Gasteiger partial charge in [0.25, 0.3) is 6.23 Å². The summed E-state index contributed by atoms with van der Waals surface area (Å²) in [7, 11) is -4.16. The Balaban J connectivity index is 1.74. The van der Waals surface area contributed by atoms with Crippen LogP contribution < -0.4 is 4.48 Å². The molecule has 0 spiro atoms. The van der Waals surface area contributed by atoms with E-state index in [1.165, 1.54) is 23.1 Å². The van der Waals surface area contributed by atoms with Gasteiger partial charge in [0.05, 0.1) is 19.0 Å². The highest BCUT2D eigenvalue weighted by molar-refractivity contribution is 7.89. The lowest BCUT2D eigenvalue weighted by Crippen LogP contribution is -2.73. The quantitative estimate of drug-likeness (QED) is 0.220. The Hall–Kier alpha value is -3.75. The van der Waals surface area contributed by atoms with E-state index in [4.69, 9.17) is 9.26 Å². The summed E-state index contributed by atoms with van der Waals surface area (Å²) in [6, 6.07) is 14.0. The van der Waals surface area contributed by atoms with Gasteiger partial charge in [0.15, 0.2) is 5.76 Å². The molecule has 1 unspecified atom stereocenters. The molecule has 0 radical (unpaired) electrons. The van der Waals surface area contributed by atoms with E-state index in [1.54, 1.807) is 0 Å². The molecule has 2 fully saturated rings. The second-order valence-corrected chi connectivity index (χ2v) is 13.3. The number of amides is 1. The van der Waals surface area contributed by atoms with Crippen LogP contribution in [0, 0.1) is 27.7 Å². The third-order valence-corrected chi connectivity index (χ3v) is 10.8. The molecular formula is C30H34F3N4O6S+.